The Kier molecular flexibility index (Phi) is 4.15. The maximum atomic E-state index is 12.9. The van der Waals surface area contributed by atoms with Crippen LogP contribution < -0.4 is 9.64 Å². The highest BCUT2D eigenvalue weighted by atomic mass is 16.5. The smallest absolute Gasteiger partial charge is 0.308 e. The van der Waals surface area contributed by atoms with Crippen molar-refractivity contribution in [2.45, 2.75) is 32.7 Å². The van der Waals surface area contributed by atoms with Crippen molar-refractivity contribution in [3.05, 3.63) is 59.7 Å². The fraction of sp³-hybridized carbons (Fsp3) is 0.263. The molecule has 2 aromatic carbocycles. The minimum atomic E-state index is -0.373. The minimum absolute atomic E-state index is 0.0287. The first-order valence-corrected chi connectivity index (χ1v) is 7.76. The molecule has 1 heterocycles. The van der Waals surface area contributed by atoms with Gasteiger partial charge in [0.2, 0.25) is 0 Å². The third kappa shape index (κ3) is 3.11. The Bertz CT molecular complexity index is 737. The molecule has 0 saturated carbocycles. The average Bonchev–Trinajstić information content (AvgIpc) is 2.54. The SMILES string of the molecule is CC(=O)Oc1ccc(C(=O)N2c3ccccc3CCC2C)cc1. The summed E-state index contributed by atoms with van der Waals surface area (Å²) >= 11 is 0. The molecule has 0 aliphatic carbocycles. The lowest BCUT2D eigenvalue weighted by atomic mass is 9.96. The lowest BCUT2D eigenvalue weighted by Crippen LogP contribution is -2.42. The van der Waals surface area contributed by atoms with Crippen LogP contribution in [0, 0.1) is 0 Å². The molecule has 0 radical (unpaired) electrons. The second-order valence-corrected chi connectivity index (χ2v) is 5.81. The lowest BCUT2D eigenvalue weighted by molar-refractivity contribution is -0.131. The number of para-hydroxylation sites is 1. The van der Waals surface area contributed by atoms with Crippen LogP contribution in [0.15, 0.2) is 48.5 Å². The summed E-state index contributed by atoms with van der Waals surface area (Å²) in [5.74, 6) is 0.0443. The Labute approximate surface area is 135 Å². The Morgan fingerprint density at radius 3 is 2.48 bits per heavy atom. The number of hydrogen-bond donors (Lipinski definition) is 0. The van der Waals surface area contributed by atoms with Gasteiger partial charge in [-0.15, -0.1) is 0 Å². The van der Waals surface area contributed by atoms with Crippen molar-refractivity contribution in [1.29, 1.82) is 0 Å². The molecule has 0 bridgehead atoms. The number of rotatable bonds is 2. The van der Waals surface area contributed by atoms with Gasteiger partial charge in [0, 0.05) is 24.2 Å². The van der Waals surface area contributed by atoms with Gasteiger partial charge < -0.3 is 9.64 Å². The zero-order valence-corrected chi connectivity index (χ0v) is 13.3. The number of aryl methyl sites for hydroxylation is 1. The van der Waals surface area contributed by atoms with E-state index in [4.69, 9.17) is 4.74 Å². The van der Waals surface area contributed by atoms with Crippen molar-refractivity contribution in [3.8, 4) is 5.75 Å². The van der Waals surface area contributed by atoms with Crippen molar-refractivity contribution in [1.82, 2.24) is 0 Å². The highest BCUT2D eigenvalue weighted by molar-refractivity contribution is 6.07. The third-order valence-electron chi connectivity index (χ3n) is 4.11. The first-order valence-electron chi connectivity index (χ1n) is 7.76. The topological polar surface area (TPSA) is 46.6 Å². The van der Waals surface area contributed by atoms with Gasteiger partial charge in [-0.2, -0.15) is 0 Å². The van der Waals surface area contributed by atoms with E-state index >= 15 is 0 Å². The van der Waals surface area contributed by atoms with Crippen molar-refractivity contribution in [3.63, 3.8) is 0 Å². The Morgan fingerprint density at radius 2 is 1.78 bits per heavy atom. The molecule has 2 aromatic rings. The molecule has 3 rings (SSSR count). The average molecular weight is 309 g/mol. The monoisotopic (exact) mass is 309 g/mol. The van der Waals surface area contributed by atoms with Gasteiger partial charge in [-0.25, -0.2) is 0 Å². The van der Waals surface area contributed by atoms with Crippen LogP contribution in [0.5, 0.6) is 5.75 Å². The molecule has 1 aliphatic heterocycles. The molecule has 0 spiro atoms. The number of hydrogen-bond acceptors (Lipinski definition) is 3. The zero-order valence-electron chi connectivity index (χ0n) is 13.3. The van der Waals surface area contributed by atoms with Gasteiger partial charge in [-0.3, -0.25) is 9.59 Å². The van der Waals surface area contributed by atoms with Crippen molar-refractivity contribution in [2.24, 2.45) is 0 Å². The minimum Gasteiger partial charge on any atom is -0.427 e. The van der Waals surface area contributed by atoms with E-state index in [1.54, 1.807) is 24.3 Å². The van der Waals surface area contributed by atoms with Crippen LogP contribution in [0.1, 0.15) is 36.2 Å². The van der Waals surface area contributed by atoms with E-state index in [2.05, 4.69) is 13.0 Å². The van der Waals surface area contributed by atoms with Crippen molar-refractivity contribution < 1.29 is 14.3 Å². The van der Waals surface area contributed by atoms with E-state index in [0.29, 0.717) is 11.3 Å². The molecule has 4 heteroatoms. The zero-order chi connectivity index (χ0) is 16.4. The summed E-state index contributed by atoms with van der Waals surface area (Å²) in [6.07, 6.45) is 1.95. The summed E-state index contributed by atoms with van der Waals surface area (Å²) in [6, 6.07) is 14.9. The number of ether oxygens (including phenoxy) is 1. The second kappa shape index (κ2) is 6.24. The molecule has 1 amide bonds. The van der Waals surface area contributed by atoms with Crippen LogP contribution in [0.3, 0.4) is 0 Å². The molecular formula is C19H19NO3. The summed E-state index contributed by atoms with van der Waals surface area (Å²) in [5, 5.41) is 0. The van der Waals surface area contributed by atoms with Gasteiger partial charge in [0.05, 0.1) is 0 Å². The summed E-state index contributed by atoms with van der Waals surface area (Å²) in [7, 11) is 0. The predicted molar refractivity (Wildman–Crippen MR) is 88.8 cm³/mol. The molecule has 1 unspecified atom stereocenters. The maximum Gasteiger partial charge on any atom is 0.308 e. The molecule has 118 valence electrons. The number of benzene rings is 2. The van der Waals surface area contributed by atoms with Crippen LogP contribution in [0.25, 0.3) is 0 Å². The maximum absolute atomic E-state index is 12.9. The van der Waals surface area contributed by atoms with Gasteiger partial charge in [0.25, 0.3) is 5.91 Å². The van der Waals surface area contributed by atoms with E-state index < -0.39 is 0 Å². The lowest BCUT2D eigenvalue weighted by Gasteiger charge is -2.35. The Morgan fingerprint density at radius 1 is 1.09 bits per heavy atom. The van der Waals surface area contributed by atoms with Crippen LogP contribution >= 0.6 is 0 Å². The highest BCUT2D eigenvalue weighted by Crippen LogP contribution is 2.31. The number of carbonyl (C=O) groups excluding carboxylic acids is 2. The van der Waals surface area contributed by atoms with Gasteiger partial charge >= 0.3 is 5.97 Å². The summed E-state index contributed by atoms with van der Waals surface area (Å²) in [6.45, 7) is 3.42. The van der Waals surface area contributed by atoms with Gasteiger partial charge in [0.15, 0.2) is 0 Å². The molecule has 1 aliphatic rings. The molecule has 23 heavy (non-hydrogen) atoms. The number of amides is 1. The van der Waals surface area contributed by atoms with E-state index in [1.807, 2.05) is 23.1 Å². The van der Waals surface area contributed by atoms with Gasteiger partial charge in [-0.05, 0) is 55.7 Å². The molecule has 0 N–H and O–H groups in total. The van der Waals surface area contributed by atoms with Gasteiger partial charge in [0.1, 0.15) is 5.75 Å². The van der Waals surface area contributed by atoms with E-state index in [1.165, 1.54) is 12.5 Å². The molecule has 0 aromatic heterocycles. The predicted octanol–water partition coefficient (Wildman–Crippen LogP) is 3.59. The molecule has 0 saturated heterocycles. The Balaban J connectivity index is 1.89. The normalized spacial score (nSPS) is 16.6. The second-order valence-electron chi connectivity index (χ2n) is 5.81. The summed E-state index contributed by atoms with van der Waals surface area (Å²) in [4.78, 5) is 25.7. The number of fused-ring (bicyclic) bond motifs is 1. The number of carbonyl (C=O) groups is 2. The molecule has 4 nitrogen and oxygen atoms in total. The van der Waals surface area contributed by atoms with Crippen molar-refractivity contribution >= 4 is 17.6 Å². The quantitative estimate of drug-likeness (QED) is 0.629. The first kappa shape index (κ1) is 15.3. The number of nitrogens with zero attached hydrogens (tertiary/aromatic N) is 1. The molecule has 1 atom stereocenters. The highest BCUT2D eigenvalue weighted by Gasteiger charge is 2.28. The van der Waals surface area contributed by atoms with Crippen molar-refractivity contribution in [2.75, 3.05) is 4.90 Å². The fourth-order valence-corrected chi connectivity index (χ4v) is 2.97. The van der Waals surface area contributed by atoms with Crippen LogP contribution in [-0.2, 0) is 11.2 Å². The van der Waals surface area contributed by atoms with Crippen LogP contribution in [-0.4, -0.2) is 17.9 Å². The summed E-state index contributed by atoms with van der Waals surface area (Å²) < 4.78 is 5.01. The summed E-state index contributed by atoms with van der Waals surface area (Å²) in [5.41, 5.74) is 2.78. The molecular weight excluding hydrogens is 290 g/mol. The third-order valence-corrected chi connectivity index (χ3v) is 4.11. The number of esters is 1. The van der Waals surface area contributed by atoms with Gasteiger partial charge in [-0.1, -0.05) is 18.2 Å². The van der Waals surface area contributed by atoms with Crippen LogP contribution in [0.4, 0.5) is 5.69 Å². The Hall–Kier alpha value is -2.62. The van der Waals surface area contributed by atoms with Crippen LogP contribution in [0.2, 0.25) is 0 Å². The molecule has 0 fully saturated rings. The fourth-order valence-electron chi connectivity index (χ4n) is 2.97. The van der Waals surface area contributed by atoms with E-state index in [0.717, 1.165) is 18.5 Å². The standard InChI is InChI=1S/C19H19NO3/c1-13-7-8-15-5-3-4-6-18(15)20(13)19(22)16-9-11-17(12-10-16)23-14(2)21/h3-6,9-13H,7-8H2,1-2H3. The van der Waals surface area contributed by atoms with E-state index in [-0.39, 0.29) is 17.9 Å². The van der Waals surface area contributed by atoms with E-state index in [9.17, 15) is 9.59 Å². The number of anilines is 1. The first-order chi connectivity index (χ1) is 11.1. The largest absolute Gasteiger partial charge is 0.427 e.